The SMILES string of the molecule is Cn1ccc([C@H](Nc2cc(Cl)c3ncc(C#N)c(Nc4ccc(F)c(Cl)c4)c3c2)C2=CN(C3CCN(C(C)(C)C)CC3)NN2)n1. The van der Waals surface area contributed by atoms with E-state index >= 15 is 0 Å². The molecule has 10 nitrogen and oxygen atoms in total. The number of pyridine rings is 1. The summed E-state index contributed by atoms with van der Waals surface area (Å²) in [6, 6.07) is 12.1. The molecule has 2 aromatic carbocycles. The van der Waals surface area contributed by atoms with Gasteiger partial charge < -0.3 is 16.1 Å². The van der Waals surface area contributed by atoms with Crippen molar-refractivity contribution in [2.75, 3.05) is 23.7 Å². The molecule has 0 bridgehead atoms. The number of hydrogen-bond donors (Lipinski definition) is 4. The van der Waals surface area contributed by atoms with Crippen LogP contribution in [0, 0.1) is 17.1 Å². The van der Waals surface area contributed by atoms with E-state index in [9.17, 15) is 9.65 Å². The smallest absolute Gasteiger partial charge is 0.141 e. The molecule has 4 aromatic rings. The molecule has 0 radical (unpaired) electrons. The average Bonchev–Trinajstić information content (AvgIpc) is 3.67. The highest BCUT2D eigenvalue weighted by molar-refractivity contribution is 6.36. The Morgan fingerprint density at radius 2 is 1.84 bits per heavy atom. The first-order valence-corrected chi connectivity index (χ1v) is 15.5. The number of benzene rings is 2. The number of anilines is 3. The van der Waals surface area contributed by atoms with Gasteiger partial charge in [0.25, 0.3) is 0 Å². The van der Waals surface area contributed by atoms with Crippen LogP contribution in [0.25, 0.3) is 10.9 Å². The van der Waals surface area contributed by atoms with Gasteiger partial charge in [0.15, 0.2) is 0 Å². The third kappa shape index (κ3) is 6.51. The van der Waals surface area contributed by atoms with Crippen molar-refractivity contribution in [2.24, 2.45) is 7.05 Å². The van der Waals surface area contributed by atoms with E-state index in [1.807, 2.05) is 25.4 Å². The zero-order valence-electron chi connectivity index (χ0n) is 25.5. The van der Waals surface area contributed by atoms with Gasteiger partial charge in [-0.3, -0.25) is 19.6 Å². The Morgan fingerprint density at radius 3 is 2.51 bits per heavy atom. The van der Waals surface area contributed by atoms with E-state index in [1.165, 1.54) is 18.3 Å². The zero-order valence-corrected chi connectivity index (χ0v) is 27.0. The van der Waals surface area contributed by atoms with E-state index < -0.39 is 5.82 Å². The predicted molar refractivity (Wildman–Crippen MR) is 176 cm³/mol. The van der Waals surface area contributed by atoms with Crippen LogP contribution in [0.15, 0.2) is 60.7 Å². The Hall–Kier alpha value is -4.08. The van der Waals surface area contributed by atoms with E-state index in [0.717, 1.165) is 37.3 Å². The third-order valence-electron chi connectivity index (χ3n) is 8.30. The molecule has 0 unspecified atom stereocenters. The molecule has 2 aliphatic rings. The van der Waals surface area contributed by atoms with Gasteiger partial charge in [-0.2, -0.15) is 10.4 Å². The van der Waals surface area contributed by atoms with Crippen molar-refractivity contribution in [1.29, 1.82) is 5.26 Å². The van der Waals surface area contributed by atoms with Gasteiger partial charge in [0.2, 0.25) is 0 Å². The first kappa shape index (κ1) is 30.9. The van der Waals surface area contributed by atoms with Gasteiger partial charge in [-0.25, -0.2) is 4.39 Å². The maximum Gasteiger partial charge on any atom is 0.141 e. The largest absolute Gasteiger partial charge is 0.371 e. The molecule has 234 valence electrons. The second kappa shape index (κ2) is 12.4. The summed E-state index contributed by atoms with van der Waals surface area (Å²) in [4.78, 5) is 6.99. The summed E-state index contributed by atoms with van der Waals surface area (Å²) in [5, 5.41) is 24.6. The fourth-order valence-corrected chi connectivity index (χ4v) is 6.30. The molecule has 0 spiro atoms. The quantitative estimate of drug-likeness (QED) is 0.176. The Bertz CT molecular complexity index is 1800. The van der Waals surface area contributed by atoms with Crippen molar-refractivity contribution in [2.45, 2.75) is 51.2 Å². The summed E-state index contributed by atoms with van der Waals surface area (Å²) >= 11 is 12.8. The lowest BCUT2D eigenvalue weighted by Gasteiger charge is -2.42. The normalized spacial score (nSPS) is 16.8. The first-order chi connectivity index (χ1) is 21.5. The summed E-state index contributed by atoms with van der Waals surface area (Å²) in [6.07, 6.45) is 7.55. The molecule has 0 amide bonds. The number of nitrogens with one attached hydrogen (secondary N) is 4. The highest BCUT2D eigenvalue weighted by atomic mass is 35.5. The molecule has 2 aromatic heterocycles. The zero-order chi connectivity index (χ0) is 31.9. The Morgan fingerprint density at radius 1 is 1.09 bits per heavy atom. The molecule has 1 saturated heterocycles. The second-order valence-electron chi connectivity index (χ2n) is 12.4. The van der Waals surface area contributed by atoms with E-state index in [2.05, 4.69) is 69.5 Å². The lowest BCUT2D eigenvalue weighted by Crippen LogP contribution is -2.52. The number of aromatic nitrogens is 3. The number of hydrazine groups is 2. The summed E-state index contributed by atoms with van der Waals surface area (Å²) in [5.41, 5.74) is 11.1. The molecule has 4 heterocycles. The molecular formula is C32H35Cl2FN10. The van der Waals surface area contributed by atoms with Crippen LogP contribution in [0.4, 0.5) is 21.5 Å². The highest BCUT2D eigenvalue weighted by Gasteiger charge is 2.32. The van der Waals surface area contributed by atoms with Crippen molar-refractivity contribution in [3.8, 4) is 6.07 Å². The van der Waals surface area contributed by atoms with Gasteiger partial charge >= 0.3 is 0 Å². The highest BCUT2D eigenvalue weighted by Crippen LogP contribution is 2.37. The molecule has 1 atom stereocenters. The molecule has 2 aliphatic heterocycles. The van der Waals surface area contributed by atoms with Crippen molar-refractivity contribution >= 4 is 51.2 Å². The van der Waals surface area contributed by atoms with E-state index in [4.69, 9.17) is 28.3 Å². The van der Waals surface area contributed by atoms with Crippen LogP contribution < -0.4 is 21.6 Å². The Kier molecular flexibility index (Phi) is 8.50. The van der Waals surface area contributed by atoms with Crippen LogP contribution in [0.1, 0.15) is 50.9 Å². The van der Waals surface area contributed by atoms with Crippen LogP contribution in [-0.4, -0.2) is 49.3 Å². The number of fused-ring (bicyclic) bond motifs is 1. The average molecular weight is 650 g/mol. The molecule has 0 aliphatic carbocycles. The van der Waals surface area contributed by atoms with Gasteiger partial charge in [0.1, 0.15) is 17.9 Å². The van der Waals surface area contributed by atoms with Crippen LogP contribution >= 0.6 is 23.2 Å². The monoisotopic (exact) mass is 648 g/mol. The molecular weight excluding hydrogens is 614 g/mol. The minimum atomic E-state index is -0.532. The number of nitrogens with zero attached hydrogens (tertiary/aromatic N) is 6. The molecule has 1 fully saturated rings. The van der Waals surface area contributed by atoms with Crippen LogP contribution in [0.5, 0.6) is 0 Å². The number of likely N-dealkylation sites (tertiary alicyclic amines) is 1. The minimum Gasteiger partial charge on any atom is -0.371 e. The molecule has 13 heteroatoms. The van der Waals surface area contributed by atoms with Crippen molar-refractivity contribution in [3.05, 3.63) is 87.8 Å². The molecule has 4 N–H and O–H groups in total. The molecule has 0 saturated carbocycles. The summed E-state index contributed by atoms with van der Waals surface area (Å²) < 4.78 is 15.6. The minimum absolute atomic E-state index is 0.0322. The maximum absolute atomic E-state index is 13.8. The van der Waals surface area contributed by atoms with Gasteiger partial charge in [0.05, 0.1) is 38.2 Å². The summed E-state index contributed by atoms with van der Waals surface area (Å²) in [6.45, 7) is 8.85. The van der Waals surface area contributed by atoms with E-state index in [1.54, 1.807) is 16.8 Å². The fraction of sp³-hybridized carbons (Fsp3) is 0.344. The summed E-state index contributed by atoms with van der Waals surface area (Å²) in [5.74, 6) is -0.532. The summed E-state index contributed by atoms with van der Waals surface area (Å²) in [7, 11) is 1.88. The van der Waals surface area contributed by atoms with Crippen molar-refractivity contribution < 1.29 is 4.39 Å². The van der Waals surface area contributed by atoms with Gasteiger partial charge in [-0.15, -0.1) is 5.53 Å². The van der Waals surface area contributed by atoms with Gasteiger partial charge in [-0.05, 0) is 70.0 Å². The van der Waals surface area contributed by atoms with Crippen LogP contribution in [0.2, 0.25) is 10.0 Å². The van der Waals surface area contributed by atoms with Crippen molar-refractivity contribution in [3.63, 3.8) is 0 Å². The number of hydrogen-bond acceptors (Lipinski definition) is 9. The fourth-order valence-electron chi connectivity index (χ4n) is 5.85. The number of piperidine rings is 1. The number of rotatable bonds is 7. The van der Waals surface area contributed by atoms with E-state index in [-0.39, 0.29) is 16.6 Å². The topological polar surface area (TPSA) is 109 Å². The van der Waals surface area contributed by atoms with Crippen molar-refractivity contribution in [1.82, 2.24) is 35.6 Å². The molecule has 6 rings (SSSR count). The standard InChI is InChI=1S/C32H35Cl2FN10/c1-32(2,3)44-11-7-22(8-12-44)45-18-28(40-42-45)31(27-9-10-43(4)41-27)39-21-13-23-29(38-20-5-6-26(35)24(33)14-20)19(16-36)17-37-30(23)25(34)15-21/h5-6,9-10,13-15,17-18,22,31,39-40,42H,7-8,11-12H2,1-4H3,(H,37,38)/t31-/m0/s1. The maximum atomic E-state index is 13.8. The lowest BCUT2D eigenvalue weighted by molar-refractivity contribution is 0.0570. The van der Waals surface area contributed by atoms with Crippen LogP contribution in [-0.2, 0) is 7.05 Å². The lowest BCUT2D eigenvalue weighted by atomic mass is 9.98. The number of aryl methyl sites for hydroxylation is 1. The van der Waals surface area contributed by atoms with Gasteiger partial charge in [-0.1, -0.05) is 23.2 Å². The second-order valence-corrected chi connectivity index (χ2v) is 13.2. The Balaban J connectivity index is 1.33. The third-order valence-corrected chi connectivity index (χ3v) is 8.88. The van der Waals surface area contributed by atoms with E-state index in [0.29, 0.717) is 44.6 Å². The number of nitriles is 1. The predicted octanol–water partition coefficient (Wildman–Crippen LogP) is 6.61. The van der Waals surface area contributed by atoms with Crippen LogP contribution in [0.3, 0.4) is 0 Å². The van der Waals surface area contributed by atoms with Gasteiger partial charge in [0, 0.05) is 67.1 Å². The first-order valence-electron chi connectivity index (χ1n) is 14.8. The molecule has 45 heavy (non-hydrogen) atoms. The number of halogens is 3. The Labute approximate surface area is 271 Å².